The molecule has 1 aromatic carbocycles. The van der Waals surface area contributed by atoms with Crippen LogP contribution in [-0.4, -0.2) is 46.6 Å². The maximum atomic E-state index is 12.9. The van der Waals surface area contributed by atoms with Crippen LogP contribution < -0.4 is 0 Å². The minimum atomic E-state index is -0.825. The van der Waals surface area contributed by atoms with Gasteiger partial charge in [0.15, 0.2) is 0 Å². The first-order chi connectivity index (χ1) is 14.8. The Morgan fingerprint density at radius 2 is 1.87 bits per heavy atom. The summed E-state index contributed by atoms with van der Waals surface area (Å²) >= 11 is 0. The summed E-state index contributed by atoms with van der Waals surface area (Å²) in [5.74, 6) is -0.390. The van der Waals surface area contributed by atoms with E-state index in [1.54, 1.807) is 0 Å². The van der Waals surface area contributed by atoms with E-state index in [1.807, 2.05) is 44.2 Å². The Morgan fingerprint density at radius 1 is 1.16 bits per heavy atom. The number of carbonyl (C=O) groups is 2. The Morgan fingerprint density at radius 3 is 2.42 bits per heavy atom. The number of aromatic nitrogens is 1. The van der Waals surface area contributed by atoms with Crippen molar-refractivity contribution >= 4 is 17.7 Å². The average Bonchev–Trinajstić information content (AvgIpc) is 2.77. The second kappa shape index (κ2) is 11.6. The highest BCUT2D eigenvalue weighted by molar-refractivity contribution is 5.81. The number of amides is 1. The number of ether oxygens (including phenoxy) is 2. The lowest BCUT2D eigenvalue weighted by Gasteiger charge is -2.30. The van der Waals surface area contributed by atoms with Crippen molar-refractivity contribution in [1.82, 2.24) is 9.88 Å². The molecule has 0 aliphatic rings. The normalized spacial score (nSPS) is 11.6. The molecule has 1 heterocycles. The van der Waals surface area contributed by atoms with Crippen LogP contribution in [0.25, 0.3) is 0 Å². The summed E-state index contributed by atoms with van der Waals surface area (Å²) in [6, 6.07) is 11.3. The molecule has 0 aliphatic heterocycles. The SMILES string of the molecule is COC(=O)N(CCc1ccc([N+](=O)[O-])cn1)C(CC(C)C)C(=O)OCc1ccccc1. The van der Waals surface area contributed by atoms with E-state index in [0.717, 1.165) is 11.8 Å². The van der Waals surface area contributed by atoms with Crippen molar-refractivity contribution in [2.45, 2.75) is 39.3 Å². The van der Waals surface area contributed by atoms with E-state index in [2.05, 4.69) is 4.98 Å². The van der Waals surface area contributed by atoms with Crippen molar-refractivity contribution in [3.8, 4) is 0 Å². The first kappa shape index (κ1) is 23.8. The van der Waals surface area contributed by atoms with Gasteiger partial charge < -0.3 is 9.47 Å². The number of rotatable bonds is 10. The lowest BCUT2D eigenvalue weighted by Crippen LogP contribution is -2.47. The van der Waals surface area contributed by atoms with Gasteiger partial charge in [-0.15, -0.1) is 0 Å². The highest BCUT2D eigenvalue weighted by atomic mass is 16.6. The fraction of sp³-hybridized carbons (Fsp3) is 0.409. The van der Waals surface area contributed by atoms with Crippen LogP contribution in [0, 0.1) is 16.0 Å². The van der Waals surface area contributed by atoms with Crippen LogP contribution in [0.3, 0.4) is 0 Å². The summed E-state index contributed by atoms with van der Waals surface area (Å²) in [4.78, 5) is 41.0. The number of benzene rings is 1. The molecule has 0 aliphatic carbocycles. The first-order valence-corrected chi connectivity index (χ1v) is 9.96. The zero-order chi connectivity index (χ0) is 22.8. The van der Waals surface area contributed by atoms with E-state index < -0.39 is 23.0 Å². The molecule has 9 heteroatoms. The predicted octanol–water partition coefficient (Wildman–Crippen LogP) is 3.76. The molecule has 2 rings (SSSR count). The van der Waals surface area contributed by atoms with Crippen molar-refractivity contribution in [2.75, 3.05) is 13.7 Å². The number of hydrogen-bond donors (Lipinski definition) is 0. The van der Waals surface area contributed by atoms with E-state index >= 15 is 0 Å². The van der Waals surface area contributed by atoms with Gasteiger partial charge in [-0.2, -0.15) is 0 Å². The number of methoxy groups -OCH3 is 1. The van der Waals surface area contributed by atoms with Gasteiger partial charge in [0, 0.05) is 24.7 Å². The quantitative estimate of drug-likeness (QED) is 0.321. The number of nitrogens with zero attached hydrogens (tertiary/aromatic N) is 3. The molecular weight excluding hydrogens is 402 g/mol. The highest BCUT2D eigenvalue weighted by Crippen LogP contribution is 2.17. The Bertz CT molecular complexity index is 871. The van der Waals surface area contributed by atoms with Crippen LogP contribution in [0.15, 0.2) is 48.7 Å². The smallest absolute Gasteiger partial charge is 0.410 e. The average molecular weight is 429 g/mol. The predicted molar refractivity (Wildman–Crippen MR) is 113 cm³/mol. The monoisotopic (exact) mass is 429 g/mol. The maximum absolute atomic E-state index is 12.9. The zero-order valence-electron chi connectivity index (χ0n) is 17.9. The Labute approximate surface area is 181 Å². The molecule has 1 aromatic heterocycles. The van der Waals surface area contributed by atoms with Gasteiger partial charge in [0.2, 0.25) is 0 Å². The fourth-order valence-corrected chi connectivity index (χ4v) is 3.02. The number of esters is 1. The first-order valence-electron chi connectivity index (χ1n) is 9.96. The highest BCUT2D eigenvalue weighted by Gasteiger charge is 2.32. The third-order valence-corrected chi connectivity index (χ3v) is 4.60. The van der Waals surface area contributed by atoms with Gasteiger partial charge in [-0.1, -0.05) is 44.2 Å². The molecule has 0 radical (unpaired) electrons. The van der Waals surface area contributed by atoms with E-state index in [0.29, 0.717) is 18.5 Å². The Balaban J connectivity index is 2.13. The molecular formula is C22H27N3O6. The molecule has 0 saturated heterocycles. The van der Waals surface area contributed by atoms with Gasteiger partial charge in [0.25, 0.3) is 5.69 Å². The van der Waals surface area contributed by atoms with Crippen LogP contribution >= 0.6 is 0 Å². The van der Waals surface area contributed by atoms with Gasteiger partial charge in [-0.25, -0.2) is 9.59 Å². The lowest BCUT2D eigenvalue weighted by atomic mass is 10.0. The molecule has 0 bridgehead atoms. The molecule has 166 valence electrons. The van der Waals surface area contributed by atoms with Crippen LogP contribution in [0.1, 0.15) is 31.5 Å². The van der Waals surface area contributed by atoms with Crippen LogP contribution in [-0.2, 0) is 27.3 Å². The standard InChI is InChI=1S/C22H27N3O6/c1-16(2)13-20(21(26)31-15-17-7-5-4-6-8-17)24(22(27)30-3)12-11-18-9-10-19(14-23-18)25(28)29/h4-10,14,16,20H,11-13,15H2,1-3H3. The second-order valence-corrected chi connectivity index (χ2v) is 7.42. The minimum absolute atomic E-state index is 0.104. The molecule has 0 fully saturated rings. The largest absolute Gasteiger partial charge is 0.459 e. The van der Waals surface area contributed by atoms with Gasteiger partial charge in [-0.3, -0.25) is 20.0 Å². The van der Waals surface area contributed by atoms with E-state index in [1.165, 1.54) is 24.1 Å². The molecule has 9 nitrogen and oxygen atoms in total. The maximum Gasteiger partial charge on any atom is 0.410 e. The van der Waals surface area contributed by atoms with Crippen molar-refractivity contribution in [2.24, 2.45) is 5.92 Å². The van der Waals surface area contributed by atoms with Crippen molar-refractivity contribution < 1.29 is 24.0 Å². The van der Waals surface area contributed by atoms with Gasteiger partial charge in [0.05, 0.1) is 12.0 Å². The van der Waals surface area contributed by atoms with Crippen molar-refractivity contribution in [1.29, 1.82) is 0 Å². The summed E-state index contributed by atoms with van der Waals surface area (Å²) in [7, 11) is 1.25. The van der Waals surface area contributed by atoms with Gasteiger partial charge >= 0.3 is 12.1 Å². The van der Waals surface area contributed by atoms with Crippen molar-refractivity contribution in [3.63, 3.8) is 0 Å². The Hall–Kier alpha value is -3.49. The molecule has 1 atom stereocenters. The lowest BCUT2D eigenvalue weighted by molar-refractivity contribution is -0.385. The van der Waals surface area contributed by atoms with Gasteiger partial charge in [-0.05, 0) is 24.0 Å². The topological polar surface area (TPSA) is 112 Å². The fourth-order valence-electron chi connectivity index (χ4n) is 3.02. The van der Waals surface area contributed by atoms with E-state index in [-0.39, 0.29) is 24.8 Å². The molecule has 31 heavy (non-hydrogen) atoms. The molecule has 0 spiro atoms. The second-order valence-electron chi connectivity index (χ2n) is 7.42. The summed E-state index contributed by atoms with van der Waals surface area (Å²) in [5.41, 5.74) is 1.29. The van der Waals surface area contributed by atoms with E-state index in [9.17, 15) is 19.7 Å². The Kier molecular flexibility index (Phi) is 8.93. The van der Waals surface area contributed by atoms with Crippen LogP contribution in [0.5, 0.6) is 0 Å². The number of hydrogen-bond acceptors (Lipinski definition) is 7. The number of pyridine rings is 1. The summed E-state index contributed by atoms with van der Waals surface area (Å²) < 4.78 is 10.4. The third kappa shape index (κ3) is 7.36. The van der Waals surface area contributed by atoms with E-state index in [4.69, 9.17) is 9.47 Å². The van der Waals surface area contributed by atoms with Crippen LogP contribution in [0.4, 0.5) is 10.5 Å². The zero-order valence-corrected chi connectivity index (χ0v) is 17.9. The summed E-state index contributed by atoms with van der Waals surface area (Å²) in [6.45, 7) is 4.15. The minimum Gasteiger partial charge on any atom is -0.459 e. The molecule has 1 unspecified atom stereocenters. The van der Waals surface area contributed by atoms with Gasteiger partial charge in [0.1, 0.15) is 18.8 Å². The summed E-state index contributed by atoms with van der Waals surface area (Å²) in [6.07, 6.45) is 1.21. The van der Waals surface area contributed by atoms with Crippen molar-refractivity contribution in [3.05, 3.63) is 70.0 Å². The van der Waals surface area contributed by atoms with Crippen LogP contribution in [0.2, 0.25) is 0 Å². The molecule has 0 saturated carbocycles. The number of carbonyl (C=O) groups excluding carboxylic acids is 2. The summed E-state index contributed by atoms with van der Waals surface area (Å²) in [5, 5.41) is 10.8. The molecule has 2 aromatic rings. The molecule has 0 N–H and O–H groups in total. The molecule has 1 amide bonds. The third-order valence-electron chi connectivity index (χ3n) is 4.60. The number of nitro groups is 1.